The summed E-state index contributed by atoms with van der Waals surface area (Å²) in [5, 5.41) is 0. The molecule has 2 bridgehead atoms. The fraction of sp³-hybridized carbons (Fsp3) is 0.333. The number of pyridine rings is 1. The zero-order valence-corrected chi connectivity index (χ0v) is 14.5. The number of carbonyl (C=O) groups excluding carboxylic acids is 1. The SMILES string of the molecule is O=C(OCc1ccccc1)N1C2C=C(c3cncc(F)c3)CC1CCC2. The van der Waals surface area contributed by atoms with Crippen LogP contribution in [0, 0.1) is 5.82 Å². The van der Waals surface area contributed by atoms with E-state index < -0.39 is 0 Å². The predicted molar refractivity (Wildman–Crippen MR) is 96.7 cm³/mol. The van der Waals surface area contributed by atoms with Gasteiger partial charge in [0, 0.05) is 12.2 Å². The number of halogens is 1. The van der Waals surface area contributed by atoms with Crippen molar-refractivity contribution in [3.05, 3.63) is 71.8 Å². The summed E-state index contributed by atoms with van der Waals surface area (Å²) >= 11 is 0. The van der Waals surface area contributed by atoms with Gasteiger partial charge < -0.3 is 4.74 Å². The second-order valence-corrected chi connectivity index (χ2v) is 6.89. The summed E-state index contributed by atoms with van der Waals surface area (Å²) in [6, 6.07) is 11.3. The topological polar surface area (TPSA) is 42.4 Å². The van der Waals surface area contributed by atoms with Crippen molar-refractivity contribution >= 4 is 11.7 Å². The second kappa shape index (κ2) is 7.28. The van der Waals surface area contributed by atoms with Crippen LogP contribution in [0.2, 0.25) is 0 Å². The van der Waals surface area contributed by atoms with Crippen LogP contribution in [-0.4, -0.2) is 28.1 Å². The predicted octanol–water partition coefficient (Wildman–Crippen LogP) is 4.57. The van der Waals surface area contributed by atoms with Gasteiger partial charge in [0.25, 0.3) is 0 Å². The molecule has 3 heterocycles. The number of fused-ring (bicyclic) bond motifs is 2. The van der Waals surface area contributed by atoms with Gasteiger partial charge in [-0.05, 0) is 48.4 Å². The molecule has 0 aliphatic carbocycles. The maximum absolute atomic E-state index is 13.5. The first-order chi connectivity index (χ1) is 12.7. The van der Waals surface area contributed by atoms with E-state index in [1.54, 1.807) is 6.20 Å². The molecule has 0 spiro atoms. The molecule has 0 N–H and O–H groups in total. The largest absolute Gasteiger partial charge is 0.445 e. The van der Waals surface area contributed by atoms with Crippen molar-refractivity contribution in [3.63, 3.8) is 0 Å². The first-order valence-electron chi connectivity index (χ1n) is 9.01. The van der Waals surface area contributed by atoms with Gasteiger partial charge in [-0.1, -0.05) is 36.4 Å². The van der Waals surface area contributed by atoms with Crippen LogP contribution in [0.25, 0.3) is 5.57 Å². The Balaban J connectivity index is 1.50. The molecule has 2 atom stereocenters. The van der Waals surface area contributed by atoms with Gasteiger partial charge in [0.15, 0.2) is 0 Å². The fourth-order valence-electron chi connectivity index (χ4n) is 3.91. The smallest absolute Gasteiger partial charge is 0.410 e. The molecule has 2 aromatic rings. The number of hydrogen-bond donors (Lipinski definition) is 0. The molecule has 2 aliphatic rings. The molecule has 1 saturated heterocycles. The van der Waals surface area contributed by atoms with Crippen LogP contribution in [0.4, 0.5) is 9.18 Å². The zero-order valence-electron chi connectivity index (χ0n) is 14.5. The van der Waals surface area contributed by atoms with Crippen molar-refractivity contribution < 1.29 is 13.9 Å². The van der Waals surface area contributed by atoms with Crippen molar-refractivity contribution in [3.8, 4) is 0 Å². The van der Waals surface area contributed by atoms with Crippen LogP contribution in [0.1, 0.15) is 36.8 Å². The van der Waals surface area contributed by atoms with E-state index in [9.17, 15) is 9.18 Å². The van der Waals surface area contributed by atoms with Gasteiger partial charge in [0.1, 0.15) is 12.4 Å². The summed E-state index contributed by atoms with van der Waals surface area (Å²) in [5.74, 6) is -0.335. The number of hydrogen-bond acceptors (Lipinski definition) is 3. The van der Waals surface area contributed by atoms with E-state index in [-0.39, 0.29) is 30.6 Å². The molecule has 0 saturated carbocycles. The van der Waals surface area contributed by atoms with E-state index in [1.807, 2.05) is 35.2 Å². The van der Waals surface area contributed by atoms with Gasteiger partial charge in [-0.15, -0.1) is 0 Å². The Morgan fingerprint density at radius 2 is 2.08 bits per heavy atom. The third kappa shape index (κ3) is 3.47. The van der Waals surface area contributed by atoms with Crippen LogP contribution in [0.5, 0.6) is 0 Å². The minimum atomic E-state index is -0.335. The highest BCUT2D eigenvalue weighted by atomic mass is 19.1. The monoisotopic (exact) mass is 352 g/mol. The molecule has 4 rings (SSSR count). The van der Waals surface area contributed by atoms with E-state index in [2.05, 4.69) is 11.1 Å². The molecule has 5 heteroatoms. The Bertz CT molecular complexity index is 822. The Hall–Kier alpha value is -2.69. The number of benzene rings is 1. The Kier molecular flexibility index (Phi) is 4.69. The van der Waals surface area contributed by atoms with E-state index in [4.69, 9.17) is 4.74 Å². The highest BCUT2D eigenvalue weighted by Gasteiger charge is 2.38. The standard InChI is InChI=1S/C21H21FN2O2/c22-18-9-17(12-23-13-18)16-10-19-7-4-8-20(11-16)24(19)21(25)26-14-15-5-2-1-3-6-15/h1-3,5-6,9-10,12-13,19-20H,4,7-8,11,14H2. The van der Waals surface area contributed by atoms with Crippen LogP contribution >= 0.6 is 0 Å². The van der Waals surface area contributed by atoms with Crippen molar-refractivity contribution in [2.75, 3.05) is 0 Å². The lowest BCUT2D eigenvalue weighted by atomic mass is 9.83. The Morgan fingerprint density at radius 1 is 1.23 bits per heavy atom. The van der Waals surface area contributed by atoms with Gasteiger partial charge in [-0.25, -0.2) is 9.18 Å². The lowest BCUT2D eigenvalue weighted by molar-refractivity contribution is 0.0510. The number of piperidine rings is 1. The normalized spacial score (nSPS) is 21.9. The van der Waals surface area contributed by atoms with Crippen molar-refractivity contribution in [1.29, 1.82) is 0 Å². The molecule has 26 heavy (non-hydrogen) atoms. The molecule has 1 aromatic heterocycles. The maximum atomic E-state index is 13.5. The van der Waals surface area contributed by atoms with Gasteiger partial charge >= 0.3 is 6.09 Å². The molecule has 1 fully saturated rings. The van der Waals surface area contributed by atoms with Crippen molar-refractivity contribution in [1.82, 2.24) is 9.88 Å². The summed E-state index contributed by atoms with van der Waals surface area (Å²) in [5.41, 5.74) is 2.85. The van der Waals surface area contributed by atoms with E-state index >= 15 is 0 Å². The van der Waals surface area contributed by atoms with E-state index in [0.29, 0.717) is 6.42 Å². The summed E-state index contributed by atoms with van der Waals surface area (Å²) in [4.78, 5) is 18.5. The summed E-state index contributed by atoms with van der Waals surface area (Å²) in [6.07, 6.45) is 8.35. The Labute approximate surface area is 152 Å². The fourth-order valence-corrected chi connectivity index (χ4v) is 3.91. The average molecular weight is 352 g/mol. The van der Waals surface area contributed by atoms with Gasteiger partial charge in [0.2, 0.25) is 0 Å². The van der Waals surface area contributed by atoms with Crippen molar-refractivity contribution in [2.24, 2.45) is 0 Å². The quantitative estimate of drug-likeness (QED) is 0.813. The molecule has 4 nitrogen and oxygen atoms in total. The Morgan fingerprint density at radius 3 is 2.85 bits per heavy atom. The number of ether oxygens (including phenoxy) is 1. The first-order valence-corrected chi connectivity index (χ1v) is 9.01. The molecule has 2 aliphatic heterocycles. The number of aromatic nitrogens is 1. The molecule has 2 unspecified atom stereocenters. The molecule has 0 radical (unpaired) electrons. The molecule has 134 valence electrons. The molecule has 1 amide bonds. The minimum Gasteiger partial charge on any atom is -0.445 e. The summed E-state index contributed by atoms with van der Waals surface area (Å²) < 4.78 is 19.1. The van der Waals surface area contributed by atoms with Crippen LogP contribution < -0.4 is 0 Å². The first kappa shape index (κ1) is 16.8. The second-order valence-electron chi connectivity index (χ2n) is 6.89. The van der Waals surface area contributed by atoms with Crippen LogP contribution in [0.3, 0.4) is 0 Å². The zero-order chi connectivity index (χ0) is 17.9. The third-order valence-corrected chi connectivity index (χ3v) is 5.13. The number of nitrogens with zero attached hydrogens (tertiary/aromatic N) is 2. The van der Waals surface area contributed by atoms with Gasteiger partial charge in [0.05, 0.1) is 12.2 Å². The van der Waals surface area contributed by atoms with Gasteiger partial charge in [-0.3, -0.25) is 9.88 Å². The van der Waals surface area contributed by atoms with Gasteiger partial charge in [-0.2, -0.15) is 0 Å². The van der Waals surface area contributed by atoms with Crippen molar-refractivity contribution in [2.45, 2.75) is 44.4 Å². The molecular weight excluding hydrogens is 331 g/mol. The summed E-state index contributed by atoms with van der Waals surface area (Å²) in [6.45, 7) is 0.278. The minimum absolute atomic E-state index is 0.00374. The average Bonchev–Trinajstić information content (AvgIpc) is 2.66. The van der Waals surface area contributed by atoms with E-state index in [1.165, 1.54) is 12.3 Å². The summed E-state index contributed by atoms with van der Waals surface area (Å²) in [7, 11) is 0. The van der Waals surface area contributed by atoms with Crippen LogP contribution in [-0.2, 0) is 11.3 Å². The third-order valence-electron chi connectivity index (χ3n) is 5.13. The van der Waals surface area contributed by atoms with Crippen LogP contribution in [0.15, 0.2) is 54.9 Å². The highest BCUT2D eigenvalue weighted by molar-refractivity contribution is 5.74. The van der Waals surface area contributed by atoms with E-state index in [0.717, 1.165) is 36.0 Å². The number of rotatable bonds is 3. The molecular formula is C21H21FN2O2. The lowest BCUT2D eigenvalue weighted by Gasteiger charge is -2.44. The number of carbonyl (C=O) groups is 1. The highest BCUT2D eigenvalue weighted by Crippen LogP contribution is 2.37. The number of amides is 1. The lowest BCUT2D eigenvalue weighted by Crippen LogP contribution is -2.51. The maximum Gasteiger partial charge on any atom is 0.410 e. The molecule has 1 aromatic carbocycles.